The first-order valence-corrected chi connectivity index (χ1v) is 10.2. The summed E-state index contributed by atoms with van der Waals surface area (Å²) in [7, 11) is 0. The Balaban J connectivity index is 2.65. The number of nitrogens with zero attached hydrogens (tertiary/aromatic N) is 1. The van der Waals surface area contributed by atoms with E-state index >= 15 is 0 Å². The average Bonchev–Trinajstić information content (AvgIpc) is 2.65. The van der Waals surface area contributed by atoms with Gasteiger partial charge < -0.3 is 9.64 Å². The number of carbonyl (C=O) groups excluding carboxylic acids is 1. The molecule has 1 rings (SSSR count). The molecular formula is C22H37NO2. The Hall–Kier alpha value is -1.35. The molecule has 0 unspecified atom stereocenters. The van der Waals surface area contributed by atoms with Crippen LogP contribution in [0.25, 0.3) is 0 Å². The summed E-state index contributed by atoms with van der Waals surface area (Å²) in [6, 6.07) is 5.92. The van der Waals surface area contributed by atoms with E-state index in [0.29, 0.717) is 6.42 Å². The van der Waals surface area contributed by atoms with Crippen molar-refractivity contribution in [3.8, 4) is 5.75 Å². The van der Waals surface area contributed by atoms with E-state index in [1.807, 2.05) is 18.2 Å². The summed E-state index contributed by atoms with van der Waals surface area (Å²) in [6.07, 6.45) is 7.31. The van der Waals surface area contributed by atoms with Crippen LogP contribution in [0.2, 0.25) is 0 Å². The average molecular weight is 348 g/mol. The minimum absolute atomic E-state index is 0.245. The highest BCUT2D eigenvalue weighted by molar-refractivity contribution is 5.96. The van der Waals surface area contributed by atoms with Gasteiger partial charge in [0, 0.05) is 18.5 Å². The Morgan fingerprint density at radius 1 is 0.960 bits per heavy atom. The number of aryl methyl sites for hydroxylation is 1. The third-order valence-corrected chi connectivity index (χ3v) is 4.54. The van der Waals surface area contributed by atoms with Crippen LogP contribution in [-0.2, 0) is 6.42 Å². The van der Waals surface area contributed by atoms with Crippen molar-refractivity contribution in [2.24, 2.45) is 0 Å². The number of hydrogen-bond donors (Lipinski definition) is 0. The Labute approximate surface area is 154 Å². The second-order valence-electron chi connectivity index (χ2n) is 6.75. The molecule has 0 radical (unpaired) electrons. The van der Waals surface area contributed by atoms with Gasteiger partial charge in [0.25, 0.3) is 0 Å². The molecule has 142 valence electrons. The van der Waals surface area contributed by atoms with Crippen molar-refractivity contribution in [3.05, 3.63) is 29.3 Å². The number of Topliss-reactive ketones (excluding diaryl/α,β-unsaturated/α-hetero) is 1. The van der Waals surface area contributed by atoms with E-state index in [0.717, 1.165) is 56.0 Å². The topological polar surface area (TPSA) is 29.5 Å². The highest BCUT2D eigenvalue weighted by Crippen LogP contribution is 2.22. The summed E-state index contributed by atoms with van der Waals surface area (Å²) < 4.78 is 5.78. The normalized spacial score (nSPS) is 11.1. The second-order valence-corrected chi connectivity index (χ2v) is 6.75. The van der Waals surface area contributed by atoms with Crippen LogP contribution < -0.4 is 4.74 Å². The Kier molecular flexibility index (Phi) is 11.2. The van der Waals surface area contributed by atoms with Gasteiger partial charge in [0.2, 0.25) is 0 Å². The van der Waals surface area contributed by atoms with Gasteiger partial charge in [0.15, 0.2) is 5.78 Å². The first-order valence-electron chi connectivity index (χ1n) is 10.2. The lowest BCUT2D eigenvalue weighted by Crippen LogP contribution is -2.28. The van der Waals surface area contributed by atoms with Crippen LogP contribution >= 0.6 is 0 Å². The fourth-order valence-electron chi connectivity index (χ4n) is 2.88. The molecular weight excluding hydrogens is 310 g/mol. The second kappa shape index (κ2) is 12.9. The summed E-state index contributed by atoms with van der Waals surface area (Å²) in [4.78, 5) is 15.1. The third-order valence-electron chi connectivity index (χ3n) is 4.54. The molecule has 0 spiro atoms. The largest absolute Gasteiger partial charge is 0.493 e. The highest BCUT2D eigenvalue weighted by Gasteiger charge is 2.12. The zero-order chi connectivity index (χ0) is 18.5. The first-order chi connectivity index (χ1) is 12.2. The minimum atomic E-state index is 0.245. The number of hydrogen-bond acceptors (Lipinski definition) is 3. The Morgan fingerprint density at radius 3 is 2.20 bits per heavy atom. The lowest BCUT2D eigenvalue weighted by Gasteiger charge is -2.21. The van der Waals surface area contributed by atoms with Crippen LogP contribution in [0.1, 0.15) is 82.1 Å². The number of unbranched alkanes of at least 4 members (excludes halogenated alkanes) is 2. The first kappa shape index (κ1) is 21.7. The summed E-state index contributed by atoms with van der Waals surface area (Å²) >= 11 is 0. The molecule has 0 N–H and O–H groups in total. The van der Waals surface area contributed by atoms with Gasteiger partial charge in [-0.05, 0) is 62.5 Å². The third kappa shape index (κ3) is 8.04. The van der Waals surface area contributed by atoms with Crippen LogP contribution in [0, 0.1) is 0 Å². The highest BCUT2D eigenvalue weighted by atomic mass is 16.5. The molecule has 3 nitrogen and oxygen atoms in total. The summed E-state index contributed by atoms with van der Waals surface area (Å²) in [5.41, 5.74) is 1.96. The van der Waals surface area contributed by atoms with E-state index in [9.17, 15) is 4.79 Å². The predicted molar refractivity (Wildman–Crippen MR) is 107 cm³/mol. The fraction of sp³-hybridized carbons (Fsp3) is 0.682. The van der Waals surface area contributed by atoms with Crippen molar-refractivity contribution >= 4 is 5.78 Å². The van der Waals surface area contributed by atoms with E-state index in [-0.39, 0.29) is 5.78 Å². The number of ether oxygens (including phenoxy) is 1. The van der Waals surface area contributed by atoms with Gasteiger partial charge in [0.05, 0.1) is 6.61 Å². The maximum absolute atomic E-state index is 12.6. The number of rotatable bonds is 14. The molecule has 0 amide bonds. The van der Waals surface area contributed by atoms with Gasteiger partial charge in [-0.1, -0.05) is 40.5 Å². The van der Waals surface area contributed by atoms with Crippen molar-refractivity contribution in [2.75, 3.05) is 26.2 Å². The van der Waals surface area contributed by atoms with Crippen LogP contribution in [-0.4, -0.2) is 36.9 Å². The number of carbonyl (C=O) groups is 1. The van der Waals surface area contributed by atoms with E-state index in [1.54, 1.807) is 0 Å². The number of ketones is 1. The van der Waals surface area contributed by atoms with Gasteiger partial charge >= 0.3 is 0 Å². The molecule has 0 bridgehead atoms. The van der Waals surface area contributed by atoms with E-state index in [1.165, 1.54) is 25.7 Å². The van der Waals surface area contributed by atoms with Gasteiger partial charge in [-0.15, -0.1) is 0 Å². The van der Waals surface area contributed by atoms with E-state index < -0.39 is 0 Å². The van der Waals surface area contributed by atoms with Gasteiger partial charge in [-0.25, -0.2) is 0 Å². The van der Waals surface area contributed by atoms with Gasteiger partial charge in [-0.2, -0.15) is 0 Å². The molecule has 0 aliphatic rings. The summed E-state index contributed by atoms with van der Waals surface area (Å²) in [5.74, 6) is 1.17. The van der Waals surface area contributed by atoms with Crippen molar-refractivity contribution in [1.82, 2.24) is 4.90 Å². The van der Waals surface area contributed by atoms with Crippen LogP contribution in [0.3, 0.4) is 0 Å². The molecule has 0 aromatic heterocycles. The van der Waals surface area contributed by atoms with Crippen molar-refractivity contribution in [1.29, 1.82) is 0 Å². The molecule has 0 saturated heterocycles. The van der Waals surface area contributed by atoms with Crippen molar-refractivity contribution in [2.45, 2.75) is 72.6 Å². The lowest BCUT2D eigenvalue weighted by molar-refractivity contribution is 0.0963. The molecule has 0 fully saturated rings. The molecule has 0 aliphatic heterocycles. The standard InChI is InChI=1S/C22H37NO2/c1-5-9-14-23(15-10-6-2)16-13-21(24)20-11-12-22(25-17-7-3)19(8-4)18-20/h11-12,18H,5-10,13-17H2,1-4H3. The molecule has 0 heterocycles. The van der Waals surface area contributed by atoms with Crippen LogP contribution in [0.4, 0.5) is 0 Å². The molecule has 3 heteroatoms. The van der Waals surface area contributed by atoms with E-state index in [4.69, 9.17) is 4.74 Å². The number of benzene rings is 1. The van der Waals surface area contributed by atoms with Crippen molar-refractivity contribution < 1.29 is 9.53 Å². The van der Waals surface area contributed by atoms with E-state index in [2.05, 4.69) is 32.6 Å². The predicted octanol–water partition coefficient (Wildman–Crippen LogP) is 5.51. The lowest BCUT2D eigenvalue weighted by atomic mass is 10.0. The summed E-state index contributed by atoms with van der Waals surface area (Å²) in [5, 5.41) is 0. The van der Waals surface area contributed by atoms with Gasteiger partial charge in [0.1, 0.15) is 5.75 Å². The van der Waals surface area contributed by atoms with Crippen molar-refractivity contribution in [3.63, 3.8) is 0 Å². The van der Waals surface area contributed by atoms with Gasteiger partial charge in [-0.3, -0.25) is 4.79 Å². The molecule has 0 aliphatic carbocycles. The molecule has 1 aromatic rings. The Morgan fingerprint density at radius 2 is 1.64 bits per heavy atom. The van der Waals surface area contributed by atoms with Crippen LogP contribution in [0.15, 0.2) is 18.2 Å². The monoisotopic (exact) mass is 347 g/mol. The zero-order valence-electron chi connectivity index (χ0n) is 16.8. The molecule has 25 heavy (non-hydrogen) atoms. The SMILES string of the molecule is CCCCN(CCCC)CCC(=O)c1ccc(OCCC)c(CC)c1. The molecule has 1 aromatic carbocycles. The molecule has 0 saturated carbocycles. The smallest absolute Gasteiger partial charge is 0.164 e. The minimum Gasteiger partial charge on any atom is -0.493 e. The quantitative estimate of drug-likeness (QED) is 0.415. The summed E-state index contributed by atoms with van der Waals surface area (Å²) in [6.45, 7) is 12.5. The maximum atomic E-state index is 12.6. The Bertz CT molecular complexity index is 491. The van der Waals surface area contributed by atoms with Crippen LogP contribution in [0.5, 0.6) is 5.75 Å². The maximum Gasteiger partial charge on any atom is 0.164 e. The zero-order valence-corrected chi connectivity index (χ0v) is 16.8. The molecule has 0 atom stereocenters. The fourth-order valence-corrected chi connectivity index (χ4v) is 2.88.